The molecule has 0 amide bonds. The molecule has 2 aromatic rings. The van der Waals surface area contributed by atoms with Crippen LogP contribution in [-0.2, 0) is 6.18 Å². The maximum absolute atomic E-state index is 12.7. The number of alkyl halides is 3. The van der Waals surface area contributed by atoms with Gasteiger partial charge in [-0.05, 0) is 18.4 Å². The molecule has 18 heavy (non-hydrogen) atoms. The molecule has 0 aromatic carbocycles. The number of rotatable bonds is 3. The lowest BCUT2D eigenvalue weighted by Crippen LogP contribution is -2.13. The Labute approximate surface area is 106 Å². The molecule has 0 radical (unpaired) electrons. The number of nitrogens with one attached hydrogen (secondary N) is 1. The van der Waals surface area contributed by atoms with Gasteiger partial charge in [0.25, 0.3) is 0 Å². The van der Waals surface area contributed by atoms with Crippen molar-refractivity contribution in [2.45, 2.75) is 13.1 Å². The van der Waals surface area contributed by atoms with E-state index >= 15 is 0 Å². The third kappa shape index (κ3) is 2.79. The number of hydrogen-bond acceptors (Lipinski definition) is 4. The summed E-state index contributed by atoms with van der Waals surface area (Å²) < 4.78 is 38.0. The summed E-state index contributed by atoms with van der Waals surface area (Å²) in [5, 5.41) is 4.57. The molecular weight excluding hydrogens is 263 g/mol. The van der Waals surface area contributed by atoms with Gasteiger partial charge in [-0.15, -0.1) is 11.3 Å². The molecule has 1 N–H and O–H groups in total. The molecular formula is C11H10F3N3S. The number of aromatic nitrogens is 2. The van der Waals surface area contributed by atoms with Crippen molar-refractivity contribution in [1.29, 1.82) is 0 Å². The molecule has 7 heteroatoms. The first kappa shape index (κ1) is 12.8. The Bertz CT molecular complexity index is 523. The third-order valence-corrected chi connectivity index (χ3v) is 3.00. The topological polar surface area (TPSA) is 37.8 Å². The van der Waals surface area contributed by atoms with Crippen LogP contribution in [0.15, 0.2) is 23.6 Å². The fourth-order valence-corrected chi connectivity index (χ4v) is 2.08. The van der Waals surface area contributed by atoms with Crippen molar-refractivity contribution in [2.24, 2.45) is 0 Å². The lowest BCUT2D eigenvalue weighted by molar-refractivity contribution is -0.144. The normalized spacial score (nSPS) is 11.6. The Balaban J connectivity index is 2.50. The van der Waals surface area contributed by atoms with Crippen molar-refractivity contribution >= 4 is 17.2 Å². The second-order valence-electron chi connectivity index (χ2n) is 3.47. The van der Waals surface area contributed by atoms with Crippen molar-refractivity contribution in [3.8, 4) is 10.6 Å². The summed E-state index contributed by atoms with van der Waals surface area (Å²) >= 11 is 1.34. The Morgan fingerprint density at radius 1 is 1.33 bits per heavy atom. The molecule has 2 rings (SSSR count). The van der Waals surface area contributed by atoms with Crippen LogP contribution in [0.25, 0.3) is 10.6 Å². The number of thiophene rings is 1. The molecule has 0 spiro atoms. The molecule has 0 unspecified atom stereocenters. The van der Waals surface area contributed by atoms with E-state index in [2.05, 4.69) is 15.3 Å². The number of anilines is 1. The minimum atomic E-state index is -4.54. The van der Waals surface area contributed by atoms with Crippen LogP contribution in [0.4, 0.5) is 19.0 Å². The van der Waals surface area contributed by atoms with E-state index in [0.29, 0.717) is 11.4 Å². The summed E-state index contributed by atoms with van der Waals surface area (Å²) in [5.41, 5.74) is 0.281. The Morgan fingerprint density at radius 3 is 2.67 bits per heavy atom. The summed E-state index contributed by atoms with van der Waals surface area (Å²) in [7, 11) is 0. The third-order valence-electron chi connectivity index (χ3n) is 2.11. The maximum Gasteiger partial charge on any atom is 0.451 e. The molecule has 0 aliphatic carbocycles. The van der Waals surface area contributed by atoms with Crippen LogP contribution in [0.2, 0.25) is 0 Å². The summed E-state index contributed by atoms with van der Waals surface area (Å²) in [6.45, 7) is 2.29. The highest BCUT2D eigenvalue weighted by molar-refractivity contribution is 7.13. The average molecular weight is 273 g/mol. The van der Waals surface area contributed by atoms with Gasteiger partial charge in [0.15, 0.2) is 0 Å². The Morgan fingerprint density at radius 2 is 2.11 bits per heavy atom. The molecule has 2 aromatic heterocycles. The van der Waals surface area contributed by atoms with Crippen molar-refractivity contribution in [2.75, 3.05) is 11.9 Å². The second-order valence-corrected chi connectivity index (χ2v) is 4.42. The molecule has 0 saturated heterocycles. The maximum atomic E-state index is 12.7. The minimum Gasteiger partial charge on any atom is -0.370 e. The van der Waals surface area contributed by atoms with Crippen LogP contribution in [0.3, 0.4) is 0 Å². The summed E-state index contributed by atoms with van der Waals surface area (Å²) in [6.07, 6.45) is -4.54. The van der Waals surface area contributed by atoms with Crippen molar-refractivity contribution in [3.05, 3.63) is 29.4 Å². The monoisotopic (exact) mass is 273 g/mol. The van der Waals surface area contributed by atoms with E-state index in [9.17, 15) is 13.2 Å². The van der Waals surface area contributed by atoms with E-state index in [1.54, 1.807) is 24.4 Å². The van der Waals surface area contributed by atoms with Crippen LogP contribution in [0, 0.1) is 0 Å². The minimum absolute atomic E-state index is 0.184. The molecule has 2 heterocycles. The van der Waals surface area contributed by atoms with Crippen molar-refractivity contribution in [3.63, 3.8) is 0 Å². The van der Waals surface area contributed by atoms with E-state index in [1.807, 2.05) is 0 Å². The van der Waals surface area contributed by atoms with Crippen molar-refractivity contribution < 1.29 is 13.2 Å². The number of halogens is 3. The van der Waals surface area contributed by atoms with E-state index in [0.717, 1.165) is 0 Å². The molecule has 3 nitrogen and oxygen atoms in total. The van der Waals surface area contributed by atoms with Gasteiger partial charge in [-0.1, -0.05) is 6.07 Å². The molecule has 0 aliphatic rings. The number of hydrogen-bond donors (Lipinski definition) is 1. The lowest BCUT2D eigenvalue weighted by atomic mass is 10.3. The second kappa shape index (κ2) is 4.93. The summed E-state index contributed by atoms with van der Waals surface area (Å²) in [6, 6.07) is 5.01. The smallest absolute Gasteiger partial charge is 0.370 e. The zero-order valence-electron chi connectivity index (χ0n) is 9.45. The van der Waals surface area contributed by atoms with E-state index in [1.165, 1.54) is 17.4 Å². The summed E-state index contributed by atoms with van der Waals surface area (Å²) in [5.74, 6) is -0.937. The van der Waals surface area contributed by atoms with Gasteiger partial charge in [0.1, 0.15) is 5.82 Å². The van der Waals surface area contributed by atoms with Crippen LogP contribution in [-0.4, -0.2) is 16.5 Å². The quantitative estimate of drug-likeness (QED) is 0.927. The van der Waals surface area contributed by atoms with Gasteiger partial charge in [0, 0.05) is 12.6 Å². The standard InChI is InChI=1S/C11H10F3N3S/c1-2-15-9-6-7(8-4-3-5-18-8)16-10(17-9)11(12,13)14/h3-6H,2H2,1H3,(H,15,16,17). The average Bonchev–Trinajstić information content (AvgIpc) is 2.81. The van der Waals surface area contributed by atoms with Crippen LogP contribution in [0.1, 0.15) is 12.7 Å². The molecule has 96 valence electrons. The molecule has 0 saturated carbocycles. The molecule has 0 atom stereocenters. The van der Waals surface area contributed by atoms with Gasteiger partial charge in [0.05, 0.1) is 10.6 Å². The molecule has 0 fully saturated rings. The van der Waals surface area contributed by atoms with Gasteiger partial charge < -0.3 is 5.32 Å². The fraction of sp³-hybridized carbons (Fsp3) is 0.273. The SMILES string of the molecule is CCNc1cc(-c2cccs2)nc(C(F)(F)F)n1. The van der Waals surface area contributed by atoms with Crippen molar-refractivity contribution in [1.82, 2.24) is 9.97 Å². The van der Waals surface area contributed by atoms with Gasteiger partial charge in [-0.25, -0.2) is 9.97 Å². The van der Waals surface area contributed by atoms with Gasteiger partial charge in [0.2, 0.25) is 5.82 Å². The number of nitrogens with zero attached hydrogens (tertiary/aromatic N) is 2. The lowest BCUT2D eigenvalue weighted by Gasteiger charge is -2.10. The Kier molecular flexibility index (Phi) is 3.51. The zero-order valence-corrected chi connectivity index (χ0v) is 10.3. The van der Waals surface area contributed by atoms with Crippen LogP contribution >= 0.6 is 11.3 Å². The van der Waals surface area contributed by atoms with Crippen LogP contribution < -0.4 is 5.32 Å². The van der Waals surface area contributed by atoms with E-state index in [4.69, 9.17) is 0 Å². The molecule has 0 aliphatic heterocycles. The predicted octanol–water partition coefficient (Wildman–Crippen LogP) is 3.66. The highest BCUT2D eigenvalue weighted by Gasteiger charge is 2.35. The highest BCUT2D eigenvalue weighted by atomic mass is 32.1. The van der Waals surface area contributed by atoms with Gasteiger partial charge >= 0.3 is 6.18 Å². The predicted molar refractivity (Wildman–Crippen MR) is 64.5 cm³/mol. The fourth-order valence-electron chi connectivity index (χ4n) is 1.40. The van der Waals surface area contributed by atoms with Gasteiger partial charge in [-0.2, -0.15) is 13.2 Å². The Hall–Kier alpha value is -1.63. The van der Waals surface area contributed by atoms with Gasteiger partial charge in [-0.3, -0.25) is 0 Å². The van der Waals surface area contributed by atoms with Crippen LogP contribution in [0.5, 0.6) is 0 Å². The first-order chi connectivity index (χ1) is 8.50. The largest absolute Gasteiger partial charge is 0.451 e. The van der Waals surface area contributed by atoms with E-state index < -0.39 is 12.0 Å². The molecule has 0 bridgehead atoms. The zero-order chi connectivity index (χ0) is 13.2. The van der Waals surface area contributed by atoms with E-state index in [-0.39, 0.29) is 11.5 Å². The first-order valence-electron chi connectivity index (χ1n) is 5.24. The summed E-state index contributed by atoms with van der Waals surface area (Å²) in [4.78, 5) is 7.71. The highest BCUT2D eigenvalue weighted by Crippen LogP contribution is 2.31. The first-order valence-corrected chi connectivity index (χ1v) is 6.12.